The molecule has 0 spiro atoms. The van der Waals surface area contributed by atoms with Gasteiger partial charge in [-0.25, -0.2) is 0 Å². The van der Waals surface area contributed by atoms with Gasteiger partial charge in [0, 0.05) is 6.42 Å². The van der Waals surface area contributed by atoms with Gasteiger partial charge >= 0.3 is 0 Å². The fraction of sp³-hybridized carbons (Fsp3) is 1.00. The minimum Gasteiger partial charge on any atom is -0.364 e. The predicted molar refractivity (Wildman–Crippen MR) is 39.6 cm³/mol. The van der Waals surface area contributed by atoms with Crippen molar-refractivity contribution in [1.82, 2.24) is 0 Å². The monoisotopic (exact) mass is 144 g/mol. The highest BCUT2D eigenvalue weighted by molar-refractivity contribution is 4.80. The molecule has 0 bridgehead atoms. The first kappa shape index (κ1) is 8.02. The highest BCUT2D eigenvalue weighted by Gasteiger charge is 2.42. The van der Waals surface area contributed by atoms with Crippen molar-refractivity contribution in [2.75, 3.05) is 6.61 Å². The number of ether oxygens (including phenoxy) is 1. The van der Waals surface area contributed by atoms with E-state index in [-0.39, 0.29) is 0 Å². The minimum absolute atomic E-state index is 0.307. The summed E-state index contributed by atoms with van der Waals surface area (Å²) in [5, 5.41) is 9.27. The second-order valence-corrected chi connectivity index (χ2v) is 4.30. The molecule has 1 saturated heterocycles. The van der Waals surface area contributed by atoms with Crippen molar-refractivity contribution in [1.29, 1.82) is 0 Å². The summed E-state index contributed by atoms with van der Waals surface area (Å²) < 4.78 is 4.85. The van der Waals surface area contributed by atoms with Crippen molar-refractivity contribution < 1.29 is 9.84 Å². The van der Waals surface area contributed by atoms with Gasteiger partial charge in [-0.15, -0.1) is 0 Å². The smallest absolute Gasteiger partial charge is 0.189 e. The summed E-state index contributed by atoms with van der Waals surface area (Å²) in [6.45, 7) is 7.03. The zero-order chi connectivity index (χ0) is 7.83. The third-order valence-electron chi connectivity index (χ3n) is 1.74. The van der Waals surface area contributed by atoms with Gasteiger partial charge in [0.1, 0.15) is 6.61 Å². The Morgan fingerprint density at radius 3 is 2.30 bits per heavy atom. The van der Waals surface area contributed by atoms with E-state index >= 15 is 0 Å². The van der Waals surface area contributed by atoms with Crippen LogP contribution in [0.5, 0.6) is 0 Å². The topological polar surface area (TPSA) is 32.8 Å². The van der Waals surface area contributed by atoms with Gasteiger partial charge in [-0.2, -0.15) is 0 Å². The summed E-state index contributed by atoms with van der Waals surface area (Å²) in [6.07, 6.45) is 1.79. The van der Waals surface area contributed by atoms with Crippen molar-refractivity contribution in [3.63, 3.8) is 0 Å². The fourth-order valence-corrected chi connectivity index (χ4v) is 0.798. The maximum atomic E-state index is 9.27. The summed E-state index contributed by atoms with van der Waals surface area (Å²) in [5.41, 5.74) is 0.307. The van der Waals surface area contributed by atoms with Crippen LogP contribution in [-0.4, -0.2) is 17.5 Å². The van der Waals surface area contributed by atoms with Crippen LogP contribution in [0.15, 0.2) is 0 Å². The molecule has 0 aliphatic carbocycles. The van der Waals surface area contributed by atoms with Crippen molar-refractivity contribution in [3.05, 3.63) is 0 Å². The minimum atomic E-state index is -0.743. The van der Waals surface area contributed by atoms with E-state index in [0.717, 1.165) is 12.8 Å². The van der Waals surface area contributed by atoms with Gasteiger partial charge in [-0.05, 0) is 11.8 Å². The van der Waals surface area contributed by atoms with Crippen LogP contribution in [0.4, 0.5) is 0 Å². The maximum Gasteiger partial charge on any atom is 0.189 e. The molecule has 0 aromatic heterocycles. The summed E-state index contributed by atoms with van der Waals surface area (Å²) in [7, 11) is 0. The quantitative estimate of drug-likeness (QED) is 0.596. The number of epoxide rings is 1. The molecule has 1 aliphatic rings. The van der Waals surface area contributed by atoms with Crippen LogP contribution in [0.1, 0.15) is 33.6 Å². The molecule has 2 heteroatoms. The van der Waals surface area contributed by atoms with Gasteiger partial charge in [0.15, 0.2) is 5.79 Å². The van der Waals surface area contributed by atoms with Gasteiger partial charge in [0.2, 0.25) is 0 Å². The SMILES string of the molecule is CC(C)(C)CCC1(O)CO1. The molecule has 2 nitrogen and oxygen atoms in total. The van der Waals surface area contributed by atoms with Crippen LogP contribution in [0.25, 0.3) is 0 Å². The standard InChI is InChI=1S/C8H16O2/c1-7(2,3)4-5-8(9)6-10-8/h9H,4-6H2,1-3H3. The molecule has 1 rings (SSSR count). The lowest BCUT2D eigenvalue weighted by Crippen LogP contribution is -2.14. The number of hydrogen-bond acceptors (Lipinski definition) is 2. The molecule has 0 radical (unpaired) electrons. The predicted octanol–water partition coefficient (Wildman–Crippen LogP) is 1.53. The van der Waals surface area contributed by atoms with E-state index in [0.29, 0.717) is 12.0 Å². The Balaban J connectivity index is 2.17. The Morgan fingerprint density at radius 2 is 2.00 bits per heavy atom. The average molecular weight is 144 g/mol. The first-order valence-electron chi connectivity index (χ1n) is 3.78. The Kier molecular flexibility index (Phi) is 1.77. The number of hydrogen-bond donors (Lipinski definition) is 1. The van der Waals surface area contributed by atoms with Crippen molar-refractivity contribution >= 4 is 0 Å². The third kappa shape index (κ3) is 2.67. The summed E-state index contributed by atoms with van der Waals surface area (Å²) in [6, 6.07) is 0. The Hall–Kier alpha value is -0.0800. The average Bonchev–Trinajstić information content (AvgIpc) is 2.43. The number of aliphatic hydroxyl groups is 1. The summed E-state index contributed by atoms with van der Waals surface area (Å²) in [5.74, 6) is -0.743. The molecule has 0 aromatic rings. The van der Waals surface area contributed by atoms with Crippen LogP contribution in [0, 0.1) is 5.41 Å². The molecule has 0 saturated carbocycles. The van der Waals surface area contributed by atoms with Gasteiger partial charge in [-0.1, -0.05) is 20.8 Å². The highest BCUT2D eigenvalue weighted by Crippen LogP contribution is 2.33. The van der Waals surface area contributed by atoms with E-state index in [1.807, 2.05) is 0 Å². The molecular formula is C8H16O2. The molecule has 0 aromatic carbocycles. The van der Waals surface area contributed by atoms with E-state index in [1.54, 1.807) is 0 Å². The fourth-order valence-electron chi connectivity index (χ4n) is 0.798. The Labute approximate surface area is 62.2 Å². The van der Waals surface area contributed by atoms with Crippen LogP contribution in [-0.2, 0) is 4.74 Å². The van der Waals surface area contributed by atoms with Crippen LogP contribution in [0.3, 0.4) is 0 Å². The molecule has 10 heavy (non-hydrogen) atoms. The molecule has 1 unspecified atom stereocenters. The lowest BCUT2D eigenvalue weighted by molar-refractivity contribution is 0.0193. The number of rotatable bonds is 2. The Morgan fingerprint density at radius 1 is 1.50 bits per heavy atom. The van der Waals surface area contributed by atoms with Gasteiger partial charge in [-0.3, -0.25) is 0 Å². The molecule has 60 valence electrons. The molecule has 0 amide bonds. The summed E-state index contributed by atoms with van der Waals surface area (Å²) >= 11 is 0. The second kappa shape index (κ2) is 2.21. The van der Waals surface area contributed by atoms with Gasteiger partial charge in [0.05, 0.1) is 0 Å². The lowest BCUT2D eigenvalue weighted by Gasteiger charge is -2.18. The lowest BCUT2D eigenvalue weighted by atomic mass is 9.89. The van der Waals surface area contributed by atoms with E-state index in [9.17, 15) is 5.11 Å². The van der Waals surface area contributed by atoms with Crippen molar-refractivity contribution in [2.24, 2.45) is 5.41 Å². The molecule has 1 aliphatic heterocycles. The molecular weight excluding hydrogens is 128 g/mol. The zero-order valence-corrected chi connectivity index (χ0v) is 6.98. The molecule has 1 fully saturated rings. The van der Waals surface area contributed by atoms with E-state index in [4.69, 9.17) is 4.74 Å². The summed E-state index contributed by atoms with van der Waals surface area (Å²) in [4.78, 5) is 0. The molecule has 1 heterocycles. The van der Waals surface area contributed by atoms with Gasteiger partial charge in [0.25, 0.3) is 0 Å². The van der Waals surface area contributed by atoms with Crippen LogP contribution < -0.4 is 0 Å². The molecule has 1 N–H and O–H groups in total. The zero-order valence-electron chi connectivity index (χ0n) is 6.98. The second-order valence-electron chi connectivity index (χ2n) is 4.30. The van der Waals surface area contributed by atoms with Crippen molar-refractivity contribution in [2.45, 2.75) is 39.4 Å². The van der Waals surface area contributed by atoms with Gasteiger partial charge < -0.3 is 9.84 Å². The van der Waals surface area contributed by atoms with Crippen LogP contribution in [0.2, 0.25) is 0 Å². The first-order valence-corrected chi connectivity index (χ1v) is 3.78. The normalized spacial score (nSPS) is 32.4. The largest absolute Gasteiger partial charge is 0.364 e. The molecule has 1 atom stereocenters. The van der Waals surface area contributed by atoms with E-state index in [2.05, 4.69) is 20.8 Å². The highest BCUT2D eigenvalue weighted by atomic mass is 16.7. The van der Waals surface area contributed by atoms with Crippen LogP contribution >= 0.6 is 0 Å². The van der Waals surface area contributed by atoms with E-state index < -0.39 is 5.79 Å². The third-order valence-corrected chi connectivity index (χ3v) is 1.74. The first-order chi connectivity index (χ1) is 4.41. The Bertz CT molecular complexity index is 114. The van der Waals surface area contributed by atoms with E-state index in [1.165, 1.54) is 0 Å². The van der Waals surface area contributed by atoms with Crippen molar-refractivity contribution in [3.8, 4) is 0 Å². The maximum absolute atomic E-state index is 9.27.